The van der Waals surface area contributed by atoms with Crippen molar-refractivity contribution in [1.82, 2.24) is 10.2 Å². The topological polar surface area (TPSA) is 25.8 Å². The third-order valence-corrected chi connectivity index (χ3v) is 1.19. The first-order valence-corrected chi connectivity index (χ1v) is 3.04. The van der Waals surface area contributed by atoms with Crippen molar-refractivity contribution >= 4 is 28.3 Å². The second-order valence-electron chi connectivity index (χ2n) is 1.50. The van der Waals surface area contributed by atoms with E-state index in [-0.39, 0.29) is 12.4 Å². The van der Waals surface area contributed by atoms with Crippen LogP contribution in [-0.4, -0.2) is 10.2 Å². The lowest BCUT2D eigenvalue weighted by molar-refractivity contribution is 0.959. The summed E-state index contributed by atoms with van der Waals surface area (Å²) in [5.41, 5.74) is 0.938. The summed E-state index contributed by atoms with van der Waals surface area (Å²) in [4.78, 5) is 0. The van der Waals surface area contributed by atoms with Gasteiger partial charge in [-0.15, -0.1) is 17.5 Å². The van der Waals surface area contributed by atoms with Crippen molar-refractivity contribution in [2.24, 2.45) is 0 Å². The Morgan fingerprint density at radius 2 is 2.00 bits per heavy atom. The maximum Gasteiger partial charge on any atom is 0.128 e. The first kappa shape index (κ1) is 8.85. The second-order valence-corrected chi connectivity index (χ2v) is 2.31. The SMILES string of the molecule is Cc1ccc(Br)nn1.Cl. The van der Waals surface area contributed by atoms with Crippen LogP contribution in [0.2, 0.25) is 0 Å². The molecule has 0 saturated heterocycles. The van der Waals surface area contributed by atoms with E-state index in [0.717, 1.165) is 10.3 Å². The summed E-state index contributed by atoms with van der Waals surface area (Å²) in [5, 5.41) is 7.53. The maximum absolute atomic E-state index is 3.78. The van der Waals surface area contributed by atoms with Crippen LogP contribution in [0, 0.1) is 6.92 Å². The summed E-state index contributed by atoms with van der Waals surface area (Å²) in [6, 6.07) is 3.76. The predicted octanol–water partition coefficient (Wildman–Crippen LogP) is 1.97. The van der Waals surface area contributed by atoms with Gasteiger partial charge < -0.3 is 0 Å². The highest BCUT2D eigenvalue weighted by Crippen LogP contribution is 2.01. The van der Waals surface area contributed by atoms with Gasteiger partial charge in [0.2, 0.25) is 0 Å². The van der Waals surface area contributed by atoms with Crippen LogP contribution >= 0.6 is 28.3 Å². The van der Waals surface area contributed by atoms with Gasteiger partial charge in [0.05, 0.1) is 5.69 Å². The van der Waals surface area contributed by atoms with E-state index in [0.29, 0.717) is 0 Å². The zero-order valence-corrected chi connectivity index (χ0v) is 7.24. The van der Waals surface area contributed by atoms with Gasteiger partial charge in [0.1, 0.15) is 4.60 Å². The Kier molecular flexibility index (Phi) is 3.73. The van der Waals surface area contributed by atoms with Crippen LogP contribution < -0.4 is 0 Å². The van der Waals surface area contributed by atoms with E-state index in [1.807, 2.05) is 19.1 Å². The number of hydrogen-bond donors (Lipinski definition) is 0. The number of rotatable bonds is 0. The molecule has 0 aliphatic carbocycles. The monoisotopic (exact) mass is 208 g/mol. The smallest absolute Gasteiger partial charge is 0.128 e. The van der Waals surface area contributed by atoms with E-state index in [1.165, 1.54) is 0 Å². The quantitative estimate of drug-likeness (QED) is 0.653. The Morgan fingerprint density at radius 3 is 2.33 bits per heavy atom. The number of aromatic nitrogens is 2. The van der Waals surface area contributed by atoms with Gasteiger partial charge in [0, 0.05) is 0 Å². The molecular formula is C5H6BrClN2. The van der Waals surface area contributed by atoms with Gasteiger partial charge in [-0.2, -0.15) is 5.10 Å². The minimum atomic E-state index is 0. The minimum Gasteiger partial charge on any atom is -0.155 e. The molecule has 9 heavy (non-hydrogen) atoms. The molecule has 0 aliphatic heterocycles. The molecule has 0 radical (unpaired) electrons. The summed E-state index contributed by atoms with van der Waals surface area (Å²) < 4.78 is 0.781. The molecule has 0 amide bonds. The van der Waals surface area contributed by atoms with Crippen molar-refractivity contribution in [2.75, 3.05) is 0 Å². The van der Waals surface area contributed by atoms with Crippen LogP contribution in [0.1, 0.15) is 5.69 Å². The van der Waals surface area contributed by atoms with Crippen LogP contribution in [0.15, 0.2) is 16.7 Å². The average Bonchev–Trinajstić information content (AvgIpc) is 1.77. The fourth-order valence-corrected chi connectivity index (χ4v) is 0.594. The number of aryl methyl sites for hydroxylation is 1. The van der Waals surface area contributed by atoms with Gasteiger partial charge >= 0.3 is 0 Å². The van der Waals surface area contributed by atoms with Crippen LogP contribution in [-0.2, 0) is 0 Å². The standard InChI is InChI=1S/C5H5BrN2.ClH/c1-4-2-3-5(6)8-7-4;/h2-3H,1H3;1H. The van der Waals surface area contributed by atoms with Gasteiger partial charge in [0.15, 0.2) is 0 Å². The molecule has 0 aliphatic rings. The number of nitrogens with zero attached hydrogens (tertiary/aromatic N) is 2. The third-order valence-electron chi connectivity index (χ3n) is 0.765. The molecule has 0 saturated carbocycles. The molecule has 2 nitrogen and oxygen atoms in total. The minimum absolute atomic E-state index is 0. The highest BCUT2D eigenvalue weighted by Gasteiger charge is 1.84. The molecule has 4 heteroatoms. The molecule has 0 unspecified atom stereocenters. The predicted molar refractivity (Wildman–Crippen MR) is 41.7 cm³/mol. The van der Waals surface area contributed by atoms with E-state index < -0.39 is 0 Å². The summed E-state index contributed by atoms with van der Waals surface area (Å²) >= 11 is 3.17. The lowest BCUT2D eigenvalue weighted by Crippen LogP contribution is -1.83. The van der Waals surface area contributed by atoms with E-state index in [9.17, 15) is 0 Å². The molecule has 0 bridgehead atoms. The van der Waals surface area contributed by atoms with Gasteiger partial charge in [-0.05, 0) is 35.0 Å². The van der Waals surface area contributed by atoms with E-state index >= 15 is 0 Å². The fourth-order valence-electron chi connectivity index (χ4n) is 0.383. The number of halogens is 2. The van der Waals surface area contributed by atoms with Crippen molar-refractivity contribution in [3.05, 3.63) is 22.4 Å². The van der Waals surface area contributed by atoms with Crippen molar-refractivity contribution in [3.8, 4) is 0 Å². The average molecular weight is 209 g/mol. The normalized spacial score (nSPS) is 8.22. The van der Waals surface area contributed by atoms with Crippen LogP contribution in [0.5, 0.6) is 0 Å². The molecule has 50 valence electrons. The van der Waals surface area contributed by atoms with E-state index in [2.05, 4.69) is 26.1 Å². The third kappa shape index (κ3) is 2.77. The Balaban J connectivity index is 0.000000640. The molecule has 1 rings (SSSR count). The van der Waals surface area contributed by atoms with E-state index in [1.54, 1.807) is 0 Å². The Bertz CT molecular complexity index is 154. The summed E-state index contributed by atoms with van der Waals surface area (Å²) in [7, 11) is 0. The second kappa shape index (κ2) is 3.80. The maximum atomic E-state index is 3.78. The Hall–Kier alpha value is -0.150. The Morgan fingerprint density at radius 1 is 1.33 bits per heavy atom. The summed E-state index contributed by atoms with van der Waals surface area (Å²) in [5.74, 6) is 0. The Labute approximate surface area is 68.2 Å². The molecule has 0 N–H and O–H groups in total. The molecule has 0 aromatic carbocycles. The molecular weight excluding hydrogens is 203 g/mol. The molecule has 1 heterocycles. The first-order chi connectivity index (χ1) is 3.79. The zero-order chi connectivity index (χ0) is 5.98. The molecule has 0 atom stereocenters. The van der Waals surface area contributed by atoms with Crippen LogP contribution in [0.3, 0.4) is 0 Å². The van der Waals surface area contributed by atoms with Crippen molar-refractivity contribution in [1.29, 1.82) is 0 Å². The van der Waals surface area contributed by atoms with Gasteiger partial charge in [-0.3, -0.25) is 0 Å². The zero-order valence-electron chi connectivity index (χ0n) is 4.84. The number of hydrogen-bond acceptors (Lipinski definition) is 2. The molecule has 1 aromatic rings. The van der Waals surface area contributed by atoms with Crippen molar-refractivity contribution in [2.45, 2.75) is 6.92 Å². The van der Waals surface area contributed by atoms with Crippen molar-refractivity contribution in [3.63, 3.8) is 0 Å². The molecule has 0 spiro atoms. The summed E-state index contributed by atoms with van der Waals surface area (Å²) in [6.07, 6.45) is 0. The highest BCUT2D eigenvalue weighted by atomic mass is 79.9. The summed E-state index contributed by atoms with van der Waals surface area (Å²) in [6.45, 7) is 1.90. The largest absolute Gasteiger partial charge is 0.155 e. The van der Waals surface area contributed by atoms with Gasteiger partial charge in [-0.25, -0.2) is 0 Å². The first-order valence-electron chi connectivity index (χ1n) is 2.25. The molecule has 1 aromatic heterocycles. The fraction of sp³-hybridized carbons (Fsp3) is 0.200. The lowest BCUT2D eigenvalue weighted by Gasteiger charge is -1.86. The van der Waals surface area contributed by atoms with Crippen LogP contribution in [0.4, 0.5) is 0 Å². The lowest BCUT2D eigenvalue weighted by atomic mass is 10.4. The molecule has 0 fully saturated rings. The highest BCUT2D eigenvalue weighted by molar-refractivity contribution is 9.10. The van der Waals surface area contributed by atoms with E-state index in [4.69, 9.17) is 0 Å². The van der Waals surface area contributed by atoms with Crippen LogP contribution in [0.25, 0.3) is 0 Å². The van der Waals surface area contributed by atoms with Crippen molar-refractivity contribution < 1.29 is 0 Å². The van der Waals surface area contributed by atoms with Gasteiger partial charge in [-0.1, -0.05) is 0 Å². The van der Waals surface area contributed by atoms with Gasteiger partial charge in [0.25, 0.3) is 0 Å².